The van der Waals surface area contributed by atoms with E-state index in [4.69, 9.17) is 10.5 Å². The van der Waals surface area contributed by atoms with Crippen molar-refractivity contribution >= 4 is 17.6 Å². The van der Waals surface area contributed by atoms with Gasteiger partial charge in [0.05, 0.1) is 31.5 Å². The molecule has 160 valence electrons. The summed E-state index contributed by atoms with van der Waals surface area (Å²) in [6, 6.07) is 11.5. The summed E-state index contributed by atoms with van der Waals surface area (Å²) in [6.45, 7) is 5.11. The van der Waals surface area contributed by atoms with E-state index in [0.717, 1.165) is 37.2 Å². The number of carbonyl (C=O) groups is 2. The van der Waals surface area contributed by atoms with Crippen LogP contribution in [0.1, 0.15) is 31.2 Å². The van der Waals surface area contributed by atoms with Crippen LogP contribution in [0.3, 0.4) is 0 Å². The van der Waals surface area contributed by atoms with E-state index in [1.807, 2.05) is 31.2 Å². The van der Waals surface area contributed by atoms with Gasteiger partial charge in [-0.05, 0) is 44.4 Å². The molecule has 1 atom stereocenters. The molecule has 0 radical (unpaired) electrons. The maximum atomic E-state index is 12.6. The van der Waals surface area contributed by atoms with Gasteiger partial charge in [0.2, 0.25) is 5.91 Å². The van der Waals surface area contributed by atoms with Crippen LogP contribution in [0, 0.1) is 35.5 Å². The van der Waals surface area contributed by atoms with Crippen molar-refractivity contribution in [2.75, 3.05) is 44.6 Å². The lowest BCUT2D eigenvalue weighted by Crippen LogP contribution is -2.47. The van der Waals surface area contributed by atoms with Crippen LogP contribution in [0.25, 0.3) is 0 Å². The summed E-state index contributed by atoms with van der Waals surface area (Å²) in [5.41, 5.74) is 1.89. The summed E-state index contributed by atoms with van der Waals surface area (Å²) in [7, 11) is 0. The first-order chi connectivity index (χ1) is 14.5. The molecule has 1 fully saturated rings. The molecule has 2 rings (SSSR count). The summed E-state index contributed by atoms with van der Waals surface area (Å²) >= 11 is 0. The number of nitrogens with one attached hydrogen (secondary N) is 2. The lowest BCUT2D eigenvalue weighted by atomic mass is 9.98. The second-order valence-electron chi connectivity index (χ2n) is 7.64. The average Bonchev–Trinajstić information content (AvgIpc) is 2.74. The Balaban J connectivity index is 1.77. The molecule has 1 aliphatic rings. The third-order valence-corrected chi connectivity index (χ3v) is 5.16. The third-order valence-electron chi connectivity index (χ3n) is 5.16. The summed E-state index contributed by atoms with van der Waals surface area (Å²) in [5.74, 6) is 0.230. The first-order valence-corrected chi connectivity index (χ1v) is 10.4. The van der Waals surface area contributed by atoms with Gasteiger partial charge in [-0.15, -0.1) is 0 Å². The van der Waals surface area contributed by atoms with E-state index >= 15 is 0 Å². The van der Waals surface area contributed by atoms with Crippen molar-refractivity contribution in [2.45, 2.75) is 32.6 Å². The molecule has 8 nitrogen and oxygen atoms in total. The Morgan fingerprint density at radius 3 is 2.47 bits per heavy atom. The molecule has 8 heteroatoms. The maximum Gasteiger partial charge on any atom is 0.319 e. The van der Waals surface area contributed by atoms with Crippen LogP contribution in [0.5, 0.6) is 0 Å². The lowest BCUT2D eigenvalue weighted by Gasteiger charge is -2.33. The molecular formula is C22H30N6O2. The Bertz CT molecular complexity index is 762. The number of nitriles is 2. The summed E-state index contributed by atoms with van der Waals surface area (Å²) in [6.07, 6.45) is 2.50. The number of urea groups is 1. The highest BCUT2D eigenvalue weighted by molar-refractivity contribution is 5.89. The smallest absolute Gasteiger partial charge is 0.319 e. The molecule has 0 spiro atoms. The van der Waals surface area contributed by atoms with Crippen molar-refractivity contribution in [1.29, 1.82) is 10.5 Å². The van der Waals surface area contributed by atoms with Crippen LogP contribution in [0.4, 0.5) is 10.5 Å². The second kappa shape index (κ2) is 12.5. The molecule has 1 aromatic rings. The van der Waals surface area contributed by atoms with Gasteiger partial charge in [0.1, 0.15) is 0 Å². The molecule has 1 heterocycles. The fourth-order valence-electron chi connectivity index (χ4n) is 3.53. The van der Waals surface area contributed by atoms with Crippen molar-refractivity contribution in [1.82, 2.24) is 15.1 Å². The predicted octanol–water partition coefficient (Wildman–Crippen LogP) is 2.48. The van der Waals surface area contributed by atoms with Gasteiger partial charge in [-0.2, -0.15) is 10.5 Å². The van der Waals surface area contributed by atoms with Gasteiger partial charge in [0.15, 0.2) is 0 Å². The highest BCUT2D eigenvalue weighted by Crippen LogP contribution is 2.16. The van der Waals surface area contributed by atoms with Crippen LogP contribution >= 0.6 is 0 Å². The lowest BCUT2D eigenvalue weighted by molar-refractivity contribution is -0.132. The molecule has 0 saturated carbocycles. The molecule has 1 aromatic carbocycles. The number of anilines is 1. The van der Waals surface area contributed by atoms with Gasteiger partial charge in [-0.25, -0.2) is 4.79 Å². The number of hydrogen-bond donors (Lipinski definition) is 2. The van der Waals surface area contributed by atoms with E-state index in [1.165, 1.54) is 0 Å². The fraction of sp³-hybridized carbons (Fsp3) is 0.545. The first-order valence-electron chi connectivity index (χ1n) is 10.4. The molecule has 0 aromatic heterocycles. The maximum absolute atomic E-state index is 12.6. The summed E-state index contributed by atoms with van der Waals surface area (Å²) in [5, 5.41) is 23.3. The number of carbonyl (C=O) groups excluding carboxylic acids is 2. The van der Waals surface area contributed by atoms with Crippen LogP contribution < -0.4 is 10.6 Å². The number of aryl methyl sites for hydroxylation is 1. The number of rotatable bonds is 9. The Hall–Kier alpha value is -3.10. The Kier molecular flexibility index (Phi) is 9.63. The predicted molar refractivity (Wildman–Crippen MR) is 114 cm³/mol. The number of nitrogens with zero attached hydrogens (tertiary/aromatic N) is 4. The molecular weight excluding hydrogens is 380 g/mol. The van der Waals surface area contributed by atoms with Crippen LogP contribution in [0.2, 0.25) is 0 Å². The first kappa shape index (κ1) is 23.2. The van der Waals surface area contributed by atoms with Crippen molar-refractivity contribution < 1.29 is 9.59 Å². The number of likely N-dealkylation sites (tertiary alicyclic amines) is 1. The zero-order valence-corrected chi connectivity index (χ0v) is 17.6. The van der Waals surface area contributed by atoms with Crippen LogP contribution in [-0.4, -0.2) is 61.0 Å². The number of benzene rings is 1. The highest BCUT2D eigenvalue weighted by Gasteiger charge is 2.24. The molecule has 1 aliphatic heterocycles. The van der Waals surface area contributed by atoms with Gasteiger partial charge >= 0.3 is 6.03 Å². The van der Waals surface area contributed by atoms with Crippen LogP contribution in [0.15, 0.2) is 24.3 Å². The zero-order chi connectivity index (χ0) is 21.8. The molecule has 0 bridgehead atoms. The normalized spacial score (nSPS) is 16.2. The third kappa shape index (κ3) is 8.10. The van der Waals surface area contributed by atoms with E-state index in [9.17, 15) is 9.59 Å². The van der Waals surface area contributed by atoms with Crippen molar-refractivity contribution in [2.24, 2.45) is 5.92 Å². The van der Waals surface area contributed by atoms with Gasteiger partial charge in [-0.3, -0.25) is 9.69 Å². The number of hydrogen-bond acceptors (Lipinski definition) is 5. The Morgan fingerprint density at radius 2 is 1.83 bits per heavy atom. The van der Waals surface area contributed by atoms with E-state index in [-0.39, 0.29) is 37.2 Å². The Morgan fingerprint density at radius 1 is 1.17 bits per heavy atom. The van der Waals surface area contributed by atoms with Crippen LogP contribution in [-0.2, 0) is 4.79 Å². The largest absolute Gasteiger partial charge is 0.340 e. The molecule has 30 heavy (non-hydrogen) atoms. The van der Waals surface area contributed by atoms with Crippen molar-refractivity contribution in [3.8, 4) is 12.1 Å². The van der Waals surface area contributed by atoms with Crippen molar-refractivity contribution in [3.05, 3.63) is 29.8 Å². The zero-order valence-electron chi connectivity index (χ0n) is 17.6. The minimum Gasteiger partial charge on any atom is -0.340 e. The molecule has 1 unspecified atom stereocenters. The van der Waals surface area contributed by atoms with E-state index < -0.39 is 0 Å². The number of amides is 3. The van der Waals surface area contributed by atoms with Gasteiger partial charge < -0.3 is 15.5 Å². The van der Waals surface area contributed by atoms with Gasteiger partial charge in [0, 0.05) is 31.9 Å². The van der Waals surface area contributed by atoms with Gasteiger partial charge in [0.25, 0.3) is 0 Å². The molecule has 3 amide bonds. The summed E-state index contributed by atoms with van der Waals surface area (Å²) in [4.78, 5) is 28.4. The minimum atomic E-state index is -0.230. The van der Waals surface area contributed by atoms with Crippen molar-refractivity contribution in [3.63, 3.8) is 0 Å². The molecule has 0 aliphatic carbocycles. The van der Waals surface area contributed by atoms with E-state index in [2.05, 4.69) is 27.7 Å². The highest BCUT2D eigenvalue weighted by atomic mass is 16.2. The monoisotopic (exact) mass is 410 g/mol. The van der Waals surface area contributed by atoms with E-state index in [0.29, 0.717) is 19.6 Å². The quantitative estimate of drug-likeness (QED) is 0.649. The van der Waals surface area contributed by atoms with Gasteiger partial charge in [-0.1, -0.05) is 17.7 Å². The second-order valence-corrected chi connectivity index (χ2v) is 7.64. The molecule has 2 N–H and O–H groups in total. The summed E-state index contributed by atoms with van der Waals surface area (Å²) < 4.78 is 0. The molecule has 1 saturated heterocycles. The Labute approximate surface area is 178 Å². The SMILES string of the molecule is Cc1ccc(NC(=O)NCC2CCCN(CC(=O)N(CCC#N)CCC#N)C2)cc1. The topological polar surface area (TPSA) is 112 Å². The number of piperidine rings is 1. The minimum absolute atomic E-state index is 0.0498. The van der Waals surface area contributed by atoms with E-state index in [1.54, 1.807) is 4.90 Å². The average molecular weight is 411 g/mol. The fourth-order valence-corrected chi connectivity index (χ4v) is 3.53. The standard InChI is InChI=1S/C22H30N6O2/c1-18-6-8-20(9-7-18)26-22(30)25-15-19-5-2-12-27(16-19)17-21(29)28(13-3-10-23)14-4-11-24/h6-9,19H,2-5,12-17H2,1H3,(H2,25,26,30).